The molecule has 0 atom stereocenters. The minimum atomic E-state index is 0.365. The number of nitrogens with zero attached hydrogens (tertiary/aromatic N) is 2. The molecule has 0 aliphatic heterocycles. The average Bonchev–Trinajstić information content (AvgIpc) is 2.51. The van der Waals surface area contributed by atoms with Crippen molar-refractivity contribution in [3.8, 4) is 0 Å². The van der Waals surface area contributed by atoms with Gasteiger partial charge in [-0.25, -0.2) is 0 Å². The third-order valence-electron chi connectivity index (χ3n) is 2.60. The maximum atomic E-state index is 6.05. The van der Waals surface area contributed by atoms with Crippen molar-refractivity contribution in [2.75, 3.05) is 0 Å². The first kappa shape index (κ1) is 17.2. The highest BCUT2D eigenvalue weighted by Crippen LogP contribution is 2.28. The molecule has 0 fully saturated rings. The summed E-state index contributed by atoms with van der Waals surface area (Å²) in [6.45, 7) is 0. The summed E-state index contributed by atoms with van der Waals surface area (Å²) in [6, 6.07) is 13.2. The van der Waals surface area contributed by atoms with E-state index < -0.39 is 0 Å². The smallest absolute Gasteiger partial charge is 0.180 e. The highest BCUT2D eigenvalue weighted by molar-refractivity contribution is 8.13. The number of rotatable bonds is 4. The Morgan fingerprint density at radius 2 is 1.86 bits per heavy atom. The first-order valence-corrected chi connectivity index (χ1v) is 8.36. The molecule has 22 heavy (non-hydrogen) atoms. The molecule has 0 amide bonds. The normalized spacial score (nSPS) is 12.0. The van der Waals surface area contributed by atoms with E-state index >= 15 is 0 Å². The molecule has 0 saturated carbocycles. The van der Waals surface area contributed by atoms with Gasteiger partial charge in [0.05, 0.1) is 16.3 Å². The van der Waals surface area contributed by atoms with Gasteiger partial charge in [0, 0.05) is 16.3 Å². The van der Waals surface area contributed by atoms with Crippen molar-refractivity contribution >= 4 is 57.9 Å². The molecular formula is C15H12Cl3N3S. The largest absolute Gasteiger partial charge is 0.377 e. The second-order valence-corrected chi connectivity index (χ2v) is 6.47. The van der Waals surface area contributed by atoms with Crippen LogP contribution in [0.25, 0.3) is 0 Å². The van der Waals surface area contributed by atoms with Crippen molar-refractivity contribution in [3.05, 3.63) is 68.7 Å². The summed E-state index contributed by atoms with van der Waals surface area (Å²) < 4.78 is 0. The molecule has 0 aliphatic carbocycles. The number of benzene rings is 2. The Labute approximate surface area is 148 Å². The maximum absolute atomic E-state index is 6.05. The van der Waals surface area contributed by atoms with Crippen molar-refractivity contribution in [2.45, 2.75) is 5.75 Å². The Hall–Kier alpha value is -1.20. The minimum absolute atomic E-state index is 0.365. The van der Waals surface area contributed by atoms with Crippen LogP contribution in [0.4, 0.5) is 0 Å². The number of hydrogen-bond donors (Lipinski definition) is 1. The molecule has 7 heteroatoms. The second-order valence-electron chi connectivity index (χ2n) is 4.25. The fraction of sp³-hybridized carbons (Fsp3) is 0.0667. The van der Waals surface area contributed by atoms with Crippen molar-refractivity contribution < 1.29 is 0 Å². The van der Waals surface area contributed by atoms with E-state index in [1.54, 1.807) is 12.1 Å². The van der Waals surface area contributed by atoms with Crippen molar-refractivity contribution in [1.29, 1.82) is 0 Å². The summed E-state index contributed by atoms with van der Waals surface area (Å²) >= 11 is 19.3. The number of thioether (sulfide) groups is 1. The Balaban J connectivity index is 1.98. The van der Waals surface area contributed by atoms with Crippen LogP contribution in [0, 0.1) is 0 Å². The zero-order valence-electron chi connectivity index (χ0n) is 11.3. The van der Waals surface area contributed by atoms with Crippen LogP contribution < -0.4 is 5.73 Å². The molecule has 2 rings (SSSR count). The third-order valence-corrected chi connectivity index (χ3v) is 4.49. The molecule has 0 unspecified atom stereocenters. The van der Waals surface area contributed by atoms with E-state index in [2.05, 4.69) is 10.2 Å². The van der Waals surface area contributed by atoms with Crippen LogP contribution in [0.5, 0.6) is 0 Å². The van der Waals surface area contributed by atoms with E-state index in [0.717, 1.165) is 5.75 Å². The van der Waals surface area contributed by atoms with Gasteiger partial charge in [-0.1, -0.05) is 76.9 Å². The van der Waals surface area contributed by atoms with Crippen LogP contribution in [-0.2, 0) is 5.75 Å². The minimum Gasteiger partial charge on any atom is -0.377 e. The van der Waals surface area contributed by atoms with Gasteiger partial charge in [0.15, 0.2) is 5.17 Å². The highest BCUT2D eigenvalue weighted by Gasteiger charge is 2.05. The monoisotopic (exact) mass is 371 g/mol. The number of halogens is 3. The van der Waals surface area contributed by atoms with Gasteiger partial charge in [-0.3, -0.25) is 0 Å². The van der Waals surface area contributed by atoms with Crippen LogP contribution in [0.15, 0.2) is 52.7 Å². The lowest BCUT2D eigenvalue weighted by Gasteiger charge is -2.01. The highest BCUT2D eigenvalue weighted by atomic mass is 35.5. The fourth-order valence-electron chi connectivity index (χ4n) is 1.58. The molecule has 0 heterocycles. The van der Waals surface area contributed by atoms with Crippen LogP contribution >= 0.6 is 46.6 Å². The summed E-state index contributed by atoms with van der Waals surface area (Å²) in [6.07, 6.45) is 1.47. The van der Waals surface area contributed by atoms with Crippen LogP contribution in [0.1, 0.15) is 11.1 Å². The molecule has 0 aromatic heterocycles. The van der Waals surface area contributed by atoms with Crippen LogP contribution in [0.2, 0.25) is 15.1 Å². The van der Waals surface area contributed by atoms with Gasteiger partial charge in [-0.15, -0.1) is 5.10 Å². The SMILES string of the molecule is NC(=NN=Cc1cc(Cl)cc(Cl)c1Cl)SCc1ccccc1. The zero-order chi connectivity index (χ0) is 15.9. The zero-order valence-corrected chi connectivity index (χ0v) is 14.4. The molecule has 0 bridgehead atoms. The first-order valence-electron chi connectivity index (χ1n) is 6.24. The Kier molecular flexibility index (Phi) is 6.58. The summed E-state index contributed by atoms with van der Waals surface area (Å²) in [4.78, 5) is 0. The molecule has 2 N–H and O–H groups in total. The average molecular weight is 373 g/mol. The molecule has 2 aromatic rings. The summed E-state index contributed by atoms with van der Waals surface area (Å²) in [5, 5.41) is 9.41. The third kappa shape index (κ3) is 5.21. The van der Waals surface area contributed by atoms with E-state index in [1.165, 1.54) is 23.5 Å². The van der Waals surface area contributed by atoms with E-state index in [0.29, 0.717) is 25.8 Å². The summed E-state index contributed by atoms with van der Waals surface area (Å²) in [5.41, 5.74) is 7.55. The lowest BCUT2D eigenvalue weighted by Crippen LogP contribution is -2.06. The van der Waals surface area contributed by atoms with E-state index in [-0.39, 0.29) is 0 Å². The molecular weight excluding hydrogens is 361 g/mol. The lowest BCUT2D eigenvalue weighted by atomic mass is 10.2. The molecule has 114 valence electrons. The van der Waals surface area contributed by atoms with E-state index in [1.807, 2.05) is 30.3 Å². The van der Waals surface area contributed by atoms with Gasteiger partial charge < -0.3 is 5.73 Å². The quantitative estimate of drug-likeness (QED) is 0.346. The van der Waals surface area contributed by atoms with E-state index in [4.69, 9.17) is 40.5 Å². The van der Waals surface area contributed by atoms with Crippen molar-refractivity contribution in [3.63, 3.8) is 0 Å². The number of amidine groups is 1. The second kappa shape index (κ2) is 8.44. The molecule has 0 saturated heterocycles. The number of nitrogens with two attached hydrogens (primary N) is 1. The summed E-state index contributed by atoms with van der Waals surface area (Å²) in [5.74, 6) is 0.732. The van der Waals surface area contributed by atoms with Gasteiger partial charge in [-0.2, -0.15) is 5.10 Å². The topological polar surface area (TPSA) is 50.7 Å². The molecule has 0 spiro atoms. The van der Waals surface area contributed by atoms with Gasteiger partial charge in [-0.05, 0) is 17.7 Å². The van der Waals surface area contributed by atoms with Crippen molar-refractivity contribution in [1.82, 2.24) is 0 Å². The maximum Gasteiger partial charge on any atom is 0.180 e. The standard InChI is InChI=1S/C15H12Cl3N3S/c16-12-6-11(14(18)13(17)7-12)8-20-21-15(19)22-9-10-4-2-1-3-5-10/h1-8H,9H2,(H2,19,21). The predicted octanol–water partition coefficient (Wildman–Crippen LogP) is 5.23. The van der Waals surface area contributed by atoms with Gasteiger partial charge >= 0.3 is 0 Å². The predicted molar refractivity (Wildman–Crippen MR) is 98.4 cm³/mol. The van der Waals surface area contributed by atoms with Gasteiger partial charge in [0.1, 0.15) is 0 Å². The Bertz CT molecular complexity index is 703. The van der Waals surface area contributed by atoms with Gasteiger partial charge in [0.25, 0.3) is 0 Å². The fourth-order valence-corrected chi connectivity index (χ4v) is 2.86. The lowest BCUT2D eigenvalue weighted by molar-refractivity contribution is 1.25. The molecule has 3 nitrogen and oxygen atoms in total. The number of hydrogen-bond acceptors (Lipinski definition) is 3. The first-order chi connectivity index (χ1) is 10.6. The summed E-state index contributed by atoms with van der Waals surface area (Å²) in [7, 11) is 0. The Morgan fingerprint density at radius 1 is 1.14 bits per heavy atom. The molecule has 0 aliphatic rings. The van der Waals surface area contributed by atoms with Crippen molar-refractivity contribution in [2.24, 2.45) is 15.9 Å². The van der Waals surface area contributed by atoms with Gasteiger partial charge in [0.2, 0.25) is 0 Å². The molecule has 2 aromatic carbocycles. The van der Waals surface area contributed by atoms with E-state index in [9.17, 15) is 0 Å². The molecule has 0 radical (unpaired) electrons. The van der Waals surface area contributed by atoms with Crippen LogP contribution in [-0.4, -0.2) is 11.4 Å². The Morgan fingerprint density at radius 3 is 2.59 bits per heavy atom. The van der Waals surface area contributed by atoms with Crippen LogP contribution in [0.3, 0.4) is 0 Å².